The van der Waals surface area contributed by atoms with Crippen LogP contribution in [0.15, 0.2) is 57.7 Å². The van der Waals surface area contributed by atoms with E-state index in [2.05, 4.69) is 26.5 Å². The second kappa shape index (κ2) is 11.5. The Kier molecular flexibility index (Phi) is 10.1. The van der Waals surface area contributed by atoms with Gasteiger partial charge in [-0.1, -0.05) is 24.3 Å². The Morgan fingerprint density at radius 3 is 2.50 bits per heavy atom. The molecule has 1 aromatic heterocycles. The molecular weight excluding hydrogens is 483 g/mol. The summed E-state index contributed by atoms with van der Waals surface area (Å²) >= 11 is 1.74. The fourth-order valence-electron chi connectivity index (χ4n) is 2.27. The topological polar surface area (TPSA) is 73.8 Å². The summed E-state index contributed by atoms with van der Waals surface area (Å²) in [6.45, 7) is 1.59. The lowest BCUT2D eigenvalue weighted by Gasteiger charge is -2.21. The number of nitrogens with one attached hydrogen (secondary N) is 2. The largest absolute Gasteiger partial charge is 0.355 e. The highest BCUT2D eigenvalue weighted by Gasteiger charge is 2.12. The number of hydrogen-bond acceptors (Lipinski definition) is 4. The van der Waals surface area contributed by atoms with Crippen LogP contribution < -0.4 is 10.0 Å². The van der Waals surface area contributed by atoms with Gasteiger partial charge in [-0.15, -0.1) is 35.3 Å². The number of hydrogen-bond donors (Lipinski definition) is 2. The average molecular weight is 508 g/mol. The summed E-state index contributed by atoms with van der Waals surface area (Å²) in [4.78, 5) is 7.87. The van der Waals surface area contributed by atoms with Crippen molar-refractivity contribution < 1.29 is 8.42 Å². The highest BCUT2D eigenvalue weighted by Crippen LogP contribution is 2.09. The lowest BCUT2D eigenvalue weighted by molar-refractivity contribution is 0.486. The first-order chi connectivity index (χ1) is 12.0. The fourth-order valence-corrected chi connectivity index (χ4v) is 4.02. The minimum absolute atomic E-state index is 0. The van der Waals surface area contributed by atoms with Gasteiger partial charge in [0, 0.05) is 38.6 Å². The molecule has 26 heavy (non-hydrogen) atoms. The van der Waals surface area contributed by atoms with E-state index in [1.807, 2.05) is 18.0 Å². The average Bonchev–Trinajstić information content (AvgIpc) is 3.14. The van der Waals surface area contributed by atoms with Crippen LogP contribution in [0.25, 0.3) is 0 Å². The van der Waals surface area contributed by atoms with Crippen molar-refractivity contribution in [3.63, 3.8) is 0 Å². The molecule has 0 saturated heterocycles. The molecule has 2 rings (SSSR count). The van der Waals surface area contributed by atoms with Gasteiger partial charge in [0.1, 0.15) is 0 Å². The van der Waals surface area contributed by atoms with Gasteiger partial charge in [-0.2, -0.15) is 0 Å². The van der Waals surface area contributed by atoms with Gasteiger partial charge in [0.25, 0.3) is 0 Å². The molecule has 1 heterocycles. The Hall–Kier alpha value is -1.17. The van der Waals surface area contributed by atoms with Crippen molar-refractivity contribution in [2.75, 3.05) is 33.7 Å². The fraction of sp³-hybridized carbons (Fsp3) is 0.353. The Balaban J connectivity index is 0.00000338. The summed E-state index contributed by atoms with van der Waals surface area (Å²) in [7, 11) is 0.223. The third kappa shape index (κ3) is 7.22. The molecule has 1 aromatic carbocycles. The number of likely N-dealkylation sites (N-methyl/N-ethyl adjacent to an activating group) is 1. The van der Waals surface area contributed by atoms with Gasteiger partial charge in [0.15, 0.2) is 5.96 Å². The lowest BCUT2D eigenvalue weighted by atomic mass is 10.3. The van der Waals surface area contributed by atoms with Crippen LogP contribution >= 0.6 is 35.3 Å². The molecular formula is C17H25IN4O2S2. The molecule has 0 atom stereocenters. The molecule has 0 saturated carbocycles. The molecule has 0 fully saturated rings. The molecule has 9 heteroatoms. The summed E-state index contributed by atoms with van der Waals surface area (Å²) in [6, 6.07) is 12.5. The highest BCUT2D eigenvalue weighted by atomic mass is 127. The van der Waals surface area contributed by atoms with Crippen molar-refractivity contribution in [3.05, 3.63) is 52.7 Å². The van der Waals surface area contributed by atoms with E-state index >= 15 is 0 Å². The Bertz CT molecular complexity index is 765. The predicted octanol–water partition coefficient (Wildman–Crippen LogP) is 2.39. The second-order valence-electron chi connectivity index (χ2n) is 5.44. The van der Waals surface area contributed by atoms with Crippen LogP contribution in [-0.4, -0.2) is 53.0 Å². The minimum Gasteiger partial charge on any atom is -0.355 e. The molecule has 0 amide bonds. The predicted molar refractivity (Wildman–Crippen MR) is 119 cm³/mol. The smallest absolute Gasteiger partial charge is 0.240 e. The molecule has 0 bridgehead atoms. The van der Waals surface area contributed by atoms with E-state index in [0.29, 0.717) is 6.54 Å². The number of rotatable bonds is 8. The second-order valence-corrected chi connectivity index (χ2v) is 8.23. The number of benzene rings is 1. The lowest BCUT2D eigenvalue weighted by Crippen LogP contribution is -2.43. The molecule has 0 spiro atoms. The molecule has 0 unspecified atom stereocenters. The van der Waals surface area contributed by atoms with Crippen molar-refractivity contribution >= 4 is 51.3 Å². The van der Waals surface area contributed by atoms with Gasteiger partial charge < -0.3 is 10.2 Å². The number of nitrogens with zero attached hydrogens (tertiary/aromatic N) is 2. The van der Waals surface area contributed by atoms with Crippen molar-refractivity contribution in [1.82, 2.24) is 14.9 Å². The number of guanidine groups is 1. The van der Waals surface area contributed by atoms with Gasteiger partial charge in [-0.25, -0.2) is 13.1 Å². The van der Waals surface area contributed by atoms with E-state index in [4.69, 9.17) is 0 Å². The molecule has 0 aliphatic carbocycles. The maximum Gasteiger partial charge on any atom is 0.240 e. The number of halogens is 1. The monoisotopic (exact) mass is 508 g/mol. The minimum atomic E-state index is -3.47. The maximum absolute atomic E-state index is 12.1. The van der Waals surface area contributed by atoms with Crippen LogP contribution in [0, 0.1) is 0 Å². The maximum atomic E-state index is 12.1. The summed E-state index contributed by atoms with van der Waals surface area (Å²) < 4.78 is 26.9. The standard InChI is InChI=1S/C17H24N4O2S2.HI/c1-18-17(21(2)13-10-15-7-6-14-24-15)19-11-12-20-25(22,23)16-8-4-3-5-9-16;/h3-9,14,20H,10-13H2,1-2H3,(H,18,19);1H. The zero-order valence-corrected chi connectivity index (χ0v) is 18.8. The Labute approximate surface area is 176 Å². The zero-order chi connectivity index (χ0) is 18.1. The van der Waals surface area contributed by atoms with E-state index in [0.717, 1.165) is 18.9 Å². The van der Waals surface area contributed by atoms with Crippen LogP contribution in [0.4, 0.5) is 0 Å². The number of aliphatic imine (C=N–C) groups is 1. The van der Waals surface area contributed by atoms with E-state index in [9.17, 15) is 8.42 Å². The Morgan fingerprint density at radius 1 is 1.15 bits per heavy atom. The summed E-state index contributed by atoms with van der Waals surface area (Å²) in [5.41, 5.74) is 0. The van der Waals surface area contributed by atoms with Gasteiger partial charge in [0.05, 0.1) is 4.90 Å². The summed E-state index contributed by atoms with van der Waals surface area (Å²) in [6.07, 6.45) is 0.954. The summed E-state index contributed by atoms with van der Waals surface area (Å²) in [5, 5.41) is 5.25. The molecule has 0 aliphatic heterocycles. The third-order valence-corrected chi connectivity index (χ3v) is 6.01. The molecule has 0 aliphatic rings. The first kappa shape index (κ1) is 22.9. The molecule has 2 aromatic rings. The Morgan fingerprint density at radius 2 is 1.88 bits per heavy atom. The van der Waals surface area contributed by atoms with Crippen molar-refractivity contribution in [2.24, 2.45) is 4.99 Å². The third-order valence-electron chi connectivity index (χ3n) is 3.60. The van der Waals surface area contributed by atoms with Crippen molar-refractivity contribution in [2.45, 2.75) is 11.3 Å². The SMILES string of the molecule is CN=C(NCCNS(=O)(=O)c1ccccc1)N(C)CCc1cccs1.I. The van der Waals surface area contributed by atoms with Gasteiger partial charge >= 0.3 is 0 Å². The van der Waals surface area contributed by atoms with Gasteiger partial charge in [-0.3, -0.25) is 4.99 Å². The van der Waals surface area contributed by atoms with E-state index in [1.54, 1.807) is 48.7 Å². The molecule has 144 valence electrons. The molecule has 0 radical (unpaired) electrons. The van der Waals surface area contributed by atoms with Crippen molar-refractivity contribution in [1.29, 1.82) is 0 Å². The van der Waals surface area contributed by atoms with Crippen LogP contribution in [0.5, 0.6) is 0 Å². The van der Waals surface area contributed by atoms with Gasteiger partial charge in [-0.05, 0) is 30.0 Å². The number of sulfonamides is 1. The van der Waals surface area contributed by atoms with Gasteiger partial charge in [0.2, 0.25) is 10.0 Å². The van der Waals surface area contributed by atoms with Crippen LogP contribution in [0.2, 0.25) is 0 Å². The van der Waals surface area contributed by atoms with Crippen LogP contribution in [0.3, 0.4) is 0 Å². The van der Waals surface area contributed by atoms with E-state index < -0.39 is 10.0 Å². The normalized spacial score (nSPS) is 11.7. The summed E-state index contributed by atoms with van der Waals surface area (Å²) in [5.74, 6) is 0.746. The number of thiophene rings is 1. The van der Waals surface area contributed by atoms with Crippen LogP contribution in [-0.2, 0) is 16.4 Å². The van der Waals surface area contributed by atoms with Crippen molar-refractivity contribution in [3.8, 4) is 0 Å². The quantitative estimate of drug-likeness (QED) is 0.249. The first-order valence-corrected chi connectivity index (χ1v) is 10.4. The van der Waals surface area contributed by atoms with E-state index in [1.165, 1.54) is 4.88 Å². The first-order valence-electron chi connectivity index (χ1n) is 8.02. The van der Waals surface area contributed by atoms with E-state index in [-0.39, 0.29) is 35.4 Å². The zero-order valence-electron chi connectivity index (χ0n) is 14.9. The highest BCUT2D eigenvalue weighted by molar-refractivity contribution is 14.0. The molecule has 2 N–H and O–H groups in total. The molecule has 6 nitrogen and oxygen atoms in total. The van der Waals surface area contributed by atoms with Crippen LogP contribution in [0.1, 0.15) is 4.88 Å².